The number of nitrogens with zero attached hydrogens (tertiary/aromatic N) is 2. The molecule has 0 unspecified atom stereocenters. The molecule has 0 bridgehead atoms. The van der Waals surface area contributed by atoms with Crippen molar-refractivity contribution in [3.8, 4) is 11.8 Å². The fourth-order valence-corrected chi connectivity index (χ4v) is 4.72. The highest BCUT2D eigenvalue weighted by atomic mass is 32.2. The topological polar surface area (TPSA) is 97.8 Å². The minimum atomic E-state index is -4.27. The third kappa shape index (κ3) is 4.74. The van der Waals surface area contributed by atoms with E-state index in [1.807, 2.05) is 13.8 Å². The van der Waals surface area contributed by atoms with Crippen LogP contribution in [0.4, 0.5) is 18.9 Å². The van der Waals surface area contributed by atoms with Crippen LogP contribution in [0.5, 0.6) is 11.8 Å². The van der Waals surface area contributed by atoms with Crippen LogP contribution < -0.4 is 14.2 Å². The molecule has 2 heterocycles. The Bertz CT molecular complexity index is 1130. The molecule has 0 fully saturated rings. The zero-order valence-electron chi connectivity index (χ0n) is 17.6. The lowest BCUT2D eigenvalue weighted by atomic mass is 9.98. The van der Waals surface area contributed by atoms with Gasteiger partial charge in [-0.3, -0.25) is 9.52 Å². The molecule has 174 valence electrons. The van der Waals surface area contributed by atoms with Gasteiger partial charge in [0.2, 0.25) is 5.88 Å². The van der Waals surface area contributed by atoms with Crippen LogP contribution >= 0.6 is 0 Å². The highest BCUT2D eigenvalue weighted by molar-refractivity contribution is 7.92. The molecule has 1 amide bonds. The molecule has 32 heavy (non-hydrogen) atoms. The maximum atomic E-state index is 14.3. The van der Waals surface area contributed by atoms with Crippen LogP contribution in [-0.2, 0) is 16.4 Å². The lowest BCUT2D eigenvalue weighted by Crippen LogP contribution is -2.42. The molecule has 8 nitrogen and oxygen atoms in total. The molecule has 1 N–H and O–H groups in total. The monoisotopic (exact) mass is 473 g/mol. The number of carbonyl (C=O) groups is 1. The van der Waals surface area contributed by atoms with Gasteiger partial charge in [0, 0.05) is 24.2 Å². The average molecular weight is 473 g/mol. The van der Waals surface area contributed by atoms with Crippen molar-refractivity contribution in [1.82, 2.24) is 9.88 Å². The largest absolute Gasteiger partial charge is 0.479 e. The quantitative estimate of drug-likeness (QED) is 0.633. The molecule has 1 aromatic carbocycles. The molecule has 2 aromatic rings. The number of hydrogen-bond acceptors (Lipinski definition) is 6. The number of rotatable bonds is 8. The van der Waals surface area contributed by atoms with Crippen molar-refractivity contribution in [2.75, 3.05) is 25.0 Å². The minimum Gasteiger partial charge on any atom is -0.479 e. The number of hydrogen-bond donors (Lipinski definition) is 1. The maximum absolute atomic E-state index is 14.3. The Kier molecular flexibility index (Phi) is 6.82. The van der Waals surface area contributed by atoms with Gasteiger partial charge >= 0.3 is 0 Å². The molecule has 3 rings (SSSR count). The summed E-state index contributed by atoms with van der Waals surface area (Å²) in [6.07, 6.45) is -2.53. The molecule has 0 saturated carbocycles. The summed E-state index contributed by atoms with van der Waals surface area (Å²) < 4.78 is 76.9. The molecule has 1 aliphatic heterocycles. The number of aromatic nitrogens is 1. The van der Waals surface area contributed by atoms with Crippen molar-refractivity contribution in [2.24, 2.45) is 0 Å². The second-order valence-electron chi connectivity index (χ2n) is 7.26. The average Bonchev–Trinajstić information content (AvgIpc) is 2.72. The SMILES string of the molecule is COc1nc(OCC(F)F)c(F)cc1NS(=O)(=O)c1cccc2c1CCN(C(C)C)C2=O. The fraction of sp³-hybridized carbons (Fsp3) is 0.400. The first-order valence-electron chi connectivity index (χ1n) is 9.66. The third-order valence-electron chi connectivity index (χ3n) is 4.83. The first-order valence-corrected chi connectivity index (χ1v) is 11.1. The number of methoxy groups -OCH3 is 1. The number of alkyl halides is 2. The molecule has 0 atom stereocenters. The van der Waals surface area contributed by atoms with E-state index in [9.17, 15) is 26.4 Å². The van der Waals surface area contributed by atoms with Crippen molar-refractivity contribution in [2.45, 2.75) is 37.6 Å². The summed E-state index contributed by atoms with van der Waals surface area (Å²) in [7, 11) is -3.12. The van der Waals surface area contributed by atoms with Gasteiger partial charge in [-0.15, -0.1) is 0 Å². The summed E-state index contributed by atoms with van der Waals surface area (Å²) in [6.45, 7) is 3.00. The van der Waals surface area contributed by atoms with Crippen molar-refractivity contribution in [1.29, 1.82) is 0 Å². The van der Waals surface area contributed by atoms with Crippen LogP contribution in [0.2, 0.25) is 0 Å². The van der Waals surface area contributed by atoms with Crippen molar-refractivity contribution < 1.29 is 35.9 Å². The highest BCUT2D eigenvalue weighted by Gasteiger charge is 2.31. The number of sulfonamides is 1. The van der Waals surface area contributed by atoms with E-state index in [0.717, 1.165) is 13.2 Å². The van der Waals surface area contributed by atoms with E-state index in [4.69, 9.17) is 4.74 Å². The van der Waals surface area contributed by atoms with E-state index < -0.39 is 34.8 Å². The first-order chi connectivity index (χ1) is 15.0. The van der Waals surface area contributed by atoms with E-state index >= 15 is 0 Å². The van der Waals surface area contributed by atoms with E-state index in [0.29, 0.717) is 18.5 Å². The summed E-state index contributed by atoms with van der Waals surface area (Å²) in [5, 5.41) is 0. The molecule has 0 saturated heterocycles. The number of nitrogens with one attached hydrogen (secondary N) is 1. The molecule has 1 aliphatic rings. The molecular formula is C20H22F3N3O5S. The third-order valence-corrected chi connectivity index (χ3v) is 6.28. The van der Waals surface area contributed by atoms with Gasteiger partial charge in [0.1, 0.15) is 5.69 Å². The van der Waals surface area contributed by atoms with Gasteiger partial charge in [-0.2, -0.15) is 4.98 Å². The van der Waals surface area contributed by atoms with E-state index in [1.54, 1.807) is 11.0 Å². The predicted molar refractivity (Wildman–Crippen MR) is 109 cm³/mol. The van der Waals surface area contributed by atoms with Gasteiger partial charge in [0.05, 0.1) is 12.0 Å². The lowest BCUT2D eigenvalue weighted by molar-refractivity contribution is 0.0687. The van der Waals surface area contributed by atoms with Crippen molar-refractivity contribution in [3.05, 3.63) is 41.2 Å². The second kappa shape index (κ2) is 9.23. The van der Waals surface area contributed by atoms with Gasteiger partial charge in [0.15, 0.2) is 12.4 Å². The Morgan fingerprint density at radius 3 is 2.59 bits per heavy atom. The normalized spacial score (nSPS) is 14.0. The van der Waals surface area contributed by atoms with E-state index in [1.165, 1.54) is 12.1 Å². The molecule has 12 heteroatoms. The summed E-state index contributed by atoms with van der Waals surface area (Å²) in [5.74, 6) is -2.54. The van der Waals surface area contributed by atoms with Crippen LogP contribution in [-0.4, -0.2) is 56.9 Å². The number of pyridine rings is 1. The smallest absolute Gasteiger partial charge is 0.272 e. The maximum Gasteiger partial charge on any atom is 0.272 e. The Hall–Kier alpha value is -3.02. The van der Waals surface area contributed by atoms with Gasteiger partial charge < -0.3 is 14.4 Å². The van der Waals surface area contributed by atoms with Crippen LogP contribution in [0.1, 0.15) is 29.8 Å². The first kappa shape index (κ1) is 23.6. The molecule has 1 aromatic heterocycles. The number of ether oxygens (including phenoxy) is 2. The Balaban J connectivity index is 1.96. The summed E-state index contributed by atoms with van der Waals surface area (Å²) in [4.78, 5) is 17.9. The number of amides is 1. The van der Waals surface area contributed by atoms with Crippen LogP contribution in [0.3, 0.4) is 0 Å². The number of fused-ring (bicyclic) bond motifs is 1. The van der Waals surface area contributed by atoms with Crippen molar-refractivity contribution >= 4 is 21.6 Å². The van der Waals surface area contributed by atoms with Crippen LogP contribution in [0.25, 0.3) is 0 Å². The summed E-state index contributed by atoms with van der Waals surface area (Å²) in [5.41, 5.74) is 0.281. The van der Waals surface area contributed by atoms with E-state index in [2.05, 4.69) is 14.4 Å². The van der Waals surface area contributed by atoms with Crippen LogP contribution in [0.15, 0.2) is 29.2 Å². The van der Waals surface area contributed by atoms with Gasteiger partial charge in [-0.1, -0.05) is 6.07 Å². The summed E-state index contributed by atoms with van der Waals surface area (Å²) >= 11 is 0. The zero-order chi connectivity index (χ0) is 23.6. The number of anilines is 1. The molecule has 0 spiro atoms. The number of halogens is 3. The Labute approximate surface area is 183 Å². The van der Waals surface area contributed by atoms with Gasteiger partial charge in [0.25, 0.3) is 28.2 Å². The fourth-order valence-electron chi connectivity index (χ4n) is 3.38. The molecular weight excluding hydrogens is 451 g/mol. The predicted octanol–water partition coefficient (Wildman–Crippen LogP) is 3.08. The Morgan fingerprint density at radius 1 is 1.25 bits per heavy atom. The van der Waals surface area contributed by atoms with Crippen LogP contribution in [0, 0.1) is 5.82 Å². The van der Waals surface area contributed by atoms with Gasteiger partial charge in [-0.25, -0.2) is 21.6 Å². The van der Waals surface area contributed by atoms with Crippen molar-refractivity contribution in [3.63, 3.8) is 0 Å². The molecule has 0 radical (unpaired) electrons. The lowest BCUT2D eigenvalue weighted by Gasteiger charge is -2.32. The Morgan fingerprint density at radius 2 is 1.97 bits per heavy atom. The number of benzene rings is 1. The van der Waals surface area contributed by atoms with Gasteiger partial charge in [-0.05, 0) is 38.0 Å². The second-order valence-corrected chi connectivity index (χ2v) is 8.92. The molecule has 0 aliphatic carbocycles. The highest BCUT2D eigenvalue weighted by Crippen LogP contribution is 2.32. The standard InChI is InChI=1S/C20H22F3N3O5S/c1-11(2)26-8-7-12-13(20(26)27)5-4-6-16(12)32(28,29)25-15-9-14(21)18(24-19(15)30-3)31-10-17(22)23/h4-6,9,11,17,25H,7-8,10H2,1-3H3. The summed E-state index contributed by atoms with van der Waals surface area (Å²) in [6, 6.07) is 5.04. The van der Waals surface area contributed by atoms with E-state index in [-0.39, 0.29) is 34.0 Å². The zero-order valence-corrected chi connectivity index (χ0v) is 18.4. The minimum absolute atomic E-state index is 0.0434. The number of carbonyl (C=O) groups excluding carboxylic acids is 1.